The maximum Gasteiger partial charge on any atom is -0.0322 e. The molecule has 1 aliphatic carbocycles. The summed E-state index contributed by atoms with van der Waals surface area (Å²) in [5.41, 5.74) is 0. The molecule has 1 fully saturated rings. The van der Waals surface area contributed by atoms with Crippen LogP contribution < -0.4 is 0 Å². The quantitative estimate of drug-likeness (QED) is 0.521. The molecule has 58 valence electrons. The normalized spacial score (nSPS) is 19.7. The molecule has 10 heavy (non-hydrogen) atoms. The third-order valence-electron chi connectivity index (χ3n) is 2.32. The summed E-state index contributed by atoms with van der Waals surface area (Å²) >= 11 is 0. The molecule has 0 spiro atoms. The van der Waals surface area contributed by atoms with E-state index in [4.69, 9.17) is 0 Å². The first-order chi connectivity index (χ1) is 4.93. The molecule has 0 N–H and O–H groups in total. The standard InChI is InChI=1S/C10H18/c1-2-3-4-5-7-10-8-6-9-10/h4-5,10H,2-3,6-9H2,1H3/b5-4-. The van der Waals surface area contributed by atoms with Gasteiger partial charge in [0.05, 0.1) is 0 Å². The summed E-state index contributed by atoms with van der Waals surface area (Å²) in [5, 5.41) is 0. The number of unbranched alkanes of at least 4 members (excludes halogenated alkanes) is 1. The van der Waals surface area contributed by atoms with Crippen LogP contribution in [0.15, 0.2) is 12.2 Å². The van der Waals surface area contributed by atoms with Crippen molar-refractivity contribution in [3.8, 4) is 0 Å². The first kappa shape index (κ1) is 7.84. The molecule has 0 saturated heterocycles. The maximum absolute atomic E-state index is 2.37. The topological polar surface area (TPSA) is 0 Å². The molecule has 1 aliphatic rings. The Kier molecular flexibility index (Phi) is 3.56. The Bertz CT molecular complexity index is 98.6. The predicted molar refractivity (Wildman–Crippen MR) is 46.0 cm³/mol. The fourth-order valence-corrected chi connectivity index (χ4v) is 1.30. The highest BCUT2D eigenvalue weighted by Crippen LogP contribution is 2.29. The molecule has 0 unspecified atom stereocenters. The number of rotatable bonds is 4. The van der Waals surface area contributed by atoms with Crippen LogP contribution in [-0.4, -0.2) is 0 Å². The average Bonchev–Trinajstić information content (AvgIpc) is 1.84. The third kappa shape index (κ3) is 2.55. The molecular formula is C10H18. The van der Waals surface area contributed by atoms with Crippen LogP contribution in [0.3, 0.4) is 0 Å². The lowest BCUT2D eigenvalue weighted by Gasteiger charge is -2.23. The van der Waals surface area contributed by atoms with Crippen molar-refractivity contribution in [3.05, 3.63) is 12.2 Å². The molecule has 1 rings (SSSR count). The van der Waals surface area contributed by atoms with E-state index < -0.39 is 0 Å². The highest BCUT2D eigenvalue weighted by Gasteiger charge is 2.14. The molecule has 0 bridgehead atoms. The summed E-state index contributed by atoms with van der Waals surface area (Å²) < 4.78 is 0. The van der Waals surface area contributed by atoms with Gasteiger partial charge in [0.25, 0.3) is 0 Å². The number of hydrogen-bond acceptors (Lipinski definition) is 0. The van der Waals surface area contributed by atoms with Crippen molar-refractivity contribution in [2.75, 3.05) is 0 Å². The van der Waals surface area contributed by atoms with Gasteiger partial charge in [-0.2, -0.15) is 0 Å². The van der Waals surface area contributed by atoms with E-state index in [2.05, 4.69) is 19.1 Å². The zero-order valence-electron chi connectivity index (χ0n) is 6.97. The zero-order chi connectivity index (χ0) is 7.23. The Morgan fingerprint density at radius 2 is 2.10 bits per heavy atom. The summed E-state index contributed by atoms with van der Waals surface area (Å²) in [6.07, 6.45) is 13.1. The van der Waals surface area contributed by atoms with Crippen molar-refractivity contribution in [2.24, 2.45) is 5.92 Å². The molecule has 0 amide bonds. The van der Waals surface area contributed by atoms with Crippen molar-refractivity contribution in [1.82, 2.24) is 0 Å². The van der Waals surface area contributed by atoms with Crippen molar-refractivity contribution >= 4 is 0 Å². The Balaban J connectivity index is 1.92. The fraction of sp³-hybridized carbons (Fsp3) is 0.800. The van der Waals surface area contributed by atoms with Gasteiger partial charge in [-0.1, -0.05) is 44.8 Å². The minimum Gasteiger partial charge on any atom is -0.0885 e. The molecule has 0 aromatic heterocycles. The molecule has 0 aromatic carbocycles. The van der Waals surface area contributed by atoms with Gasteiger partial charge in [-0.25, -0.2) is 0 Å². The van der Waals surface area contributed by atoms with E-state index in [0.717, 1.165) is 5.92 Å². The summed E-state index contributed by atoms with van der Waals surface area (Å²) in [6, 6.07) is 0. The second-order valence-corrected chi connectivity index (χ2v) is 3.29. The SMILES string of the molecule is CCC/C=C\CC1CCC1. The molecule has 0 aromatic rings. The monoisotopic (exact) mass is 138 g/mol. The molecule has 1 saturated carbocycles. The van der Waals surface area contributed by atoms with Gasteiger partial charge in [-0.15, -0.1) is 0 Å². The van der Waals surface area contributed by atoms with Crippen LogP contribution in [0.2, 0.25) is 0 Å². The molecule has 0 nitrogen and oxygen atoms in total. The summed E-state index contributed by atoms with van der Waals surface area (Å²) in [7, 11) is 0. The smallest absolute Gasteiger partial charge is 0.0322 e. The third-order valence-corrected chi connectivity index (χ3v) is 2.32. The molecule has 0 atom stereocenters. The second-order valence-electron chi connectivity index (χ2n) is 3.29. The first-order valence-electron chi connectivity index (χ1n) is 4.58. The molecule has 0 aliphatic heterocycles. The van der Waals surface area contributed by atoms with Crippen LogP contribution in [0.5, 0.6) is 0 Å². The van der Waals surface area contributed by atoms with Crippen LogP contribution in [0, 0.1) is 5.92 Å². The predicted octanol–water partition coefficient (Wildman–Crippen LogP) is 3.53. The van der Waals surface area contributed by atoms with Crippen molar-refractivity contribution in [1.29, 1.82) is 0 Å². The second kappa shape index (κ2) is 4.54. The Morgan fingerprint density at radius 3 is 2.60 bits per heavy atom. The van der Waals surface area contributed by atoms with Gasteiger partial charge in [-0.05, 0) is 18.8 Å². The van der Waals surface area contributed by atoms with E-state index in [9.17, 15) is 0 Å². The molecule has 0 heterocycles. The fourth-order valence-electron chi connectivity index (χ4n) is 1.30. The molecular weight excluding hydrogens is 120 g/mol. The van der Waals surface area contributed by atoms with Crippen molar-refractivity contribution in [3.63, 3.8) is 0 Å². The summed E-state index contributed by atoms with van der Waals surface area (Å²) in [5.74, 6) is 1.05. The van der Waals surface area contributed by atoms with Gasteiger partial charge in [0.2, 0.25) is 0 Å². The average molecular weight is 138 g/mol. The Hall–Kier alpha value is -0.260. The van der Waals surface area contributed by atoms with E-state index in [1.807, 2.05) is 0 Å². The molecule has 0 radical (unpaired) electrons. The number of hydrogen-bond donors (Lipinski definition) is 0. The lowest BCUT2D eigenvalue weighted by atomic mass is 9.83. The van der Waals surface area contributed by atoms with Crippen molar-refractivity contribution in [2.45, 2.75) is 45.4 Å². The largest absolute Gasteiger partial charge is 0.0885 e. The van der Waals surface area contributed by atoms with Gasteiger partial charge in [0, 0.05) is 0 Å². The van der Waals surface area contributed by atoms with E-state index in [1.165, 1.54) is 38.5 Å². The zero-order valence-corrected chi connectivity index (χ0v) is 6.97. The van der Waals surface area contributed by atoms with E-state index in [0.29, 0.717) is 0 Å². The summed E-state index contributed by atoms with van der Waals surface area (Å²) in [6.45, 7) is 2.23. The first-order valence-corrected chi connectivity index (χ1v) is 4.58. The summed E-state index contributed by atoms with van der Waals surface area (Å²) in [4.78, 5) is 0. The van der Waals surface area contributed by atoms with Crippen LogP contribution in [0.4, 0.5) is 0 Å². The van der Waals surface area contributed by atoms with Gasteiger partial charge in [0.1, 0.15) is 0 Å². The Labute approximate surface area is 64.3 Å². The van der Waals surface area contributed by atoms with E-state index >= 15 is 0 Å². The Morgan fingerprint density at radius 1 is 1.30 bits per heavy atom. The van der Waals surface area contributed by atoms with Crippen LogP contribution in [0.25, 0.3) is 0 Å². The van der Waals surface area contributed by atoms with Gasteiger partial charge in [0.15, 0.2) is 0 Å². The van der Waals surface area contributed by atoms with Crippen LogP contribution in [-0.2, 0) is 0 Å². The van der Waals surface area contributed by atoms with Gasteiger partial charge < -0.3 is 0 Å². The highest BCUT2D eigenvalue weighted by molar-refractivity contribution is 4.86. The minimum absolute atomic E-state index is 1.05. The van der Waals surface area contributed by atoms with Crippen LogP contribution in [0.1, 0.15) is 45.4 Å². The lowest BCUT2D eigenvalue weighted by Crippen LogP contribution is -2.08. The number of allylic oxidation sites excluding steroid dienone is 2. The van der Waals surface area contributed by atoms with E-state index in [1.54, 1.807) is 0 Å². The highest BCUT2D eigenvalue weighted by atomic mass is 14.2. The molecule has 0 heteroatoms. The van der Waals surface area contributed by atoms with E-state index in [-0.39, 0.29) is 0 Å². The van der Waals surface area contributed by atoms with Gasteiger partial charge >= 0.3 is 0 Å². The minimum atomic E-state index is 1.05. The maximum atomic E-state index is 2.37. The lowest BCUT2D eigenvalue weighted by molar-refractivity contribution is 0.319. The van der Waals surface area contributed by atoms with Gasteiger partial charge in [-0.3, -0.25) is 0 Å². The van der Waals surface area contributed by atoms with Crippen molar-refractivity contribution < 1.29 is 0 Å². The van der Waals surface area contributed by atoms with Crippen LogP contribution >= 0.6 is 0 Å².